The van der Waals surface area contributed by atoms with Gasteiger partial charge in [-0.25, -0.2) is 0 Å². The molecule has 2 fully saturated rings. The van der Waals surface area contributed by atoms with E-state index in [1.165, 1.54) is 19.3 Å². The predicted octanol–water partition coefficient (Wildman–Crippen LogP) is 2.26. The van der Waals surface area contributed by atoms with Crippen molar-refractivity contribution in [1.82, 2.24) is 0 Å². The lowest BCUT2D eigenvalue weighted by Gasteiger charge is -2.29. The summed E-state index contributed by atoms with van der Waals surface area (Å²) in [6.45, 7) is 4.23. The fourth-order valence-electron chi connectivity index (χ4n) is 2.84. The van der Waals surface area contributed by atoms with Crippen molar-refractivity contribution in [2.45, 2.75) is 33.1 Å². The van der Waals surface area contributed by atoms with Crippen LogP contribution < -0.4 is 0 Å². The van der Waals surface area contributed by atoms with Gasteiger partial charge >= 0.3 is 0 Å². The van der Waals surface area contributed by atoms with Gasteiger partial charge in [-0.15, -0.1) is 0 Å². The normalized spacial score (nSPS) is 49.8. The Balaban J connectivity index is 2.23. The van der Waals surface area contributed by atoms with Gasteiger partial charge in [-0.2, -0.15) is 0 Å². The number of Topliss-reactive ketones (excluding diaryl/α,β-unsaturated/α-hetero) is 1. The molecule has 2 aliphatic carbocycles. The molecule has 4 unspecified atom stereocenters. The van der Waals surface area contributed by atoms with E-state index in [4.69, 9.17) is 0 Å². The number of carbonyl (C=O) groups is 1. The Bertz CT molecular complexity index is 167. The zero-order valence-corrected chi connectivity index (χ0v) is 7.34. The topological polar surface area (TPSA) is 17.1 Å². The molecule has 1 nitrogen and oxygen atoms in total. The van der Waals surface area contributed by atoms with Gasteiger partial charge in [0, 0.05) is 11.8 Å². The van der Waals surface area contributed by atoms with E-state index >= 15 is 0 Å². The third kappa shape index (κ3) is 0.935. The molecule has 1 heteroatoms. The van der Waals surface area contributed by atoms with Gasteiger partial charge in [-0.1, -0.05) is 13.8 Å². The highest BCUT2D eigenvalue weighted by molar-refractivity contribution is 5.84. The second-order valence-corrected chi connectivity index (χ2v) is 4.31. The van der Waals surface area contributed by atoms with Crippen LogP contribution in [0.25, 0.3) is 0 Å². The fraction of sp³-hybridized carbons (Fsp3) is 0.900. The molecule has 2 bridgehead atoms. The lowest BCUT2D eigenvalue weighted by molar-refractivity contribution is -0.130. The van der Waals surface area contributed by atoms with E-state index in [0.717, 1.165) is 11.8 Å². The maximum absolute atomic E-state index is 11.6. The molecular formula is C10H16O. The highest BCUT2D eigenvalue weighted by atomic mass is 16.1. The first-order chi connectivity index (χ1) is 5.20. The molecular weight excluding hydrogens is 136 g/mol. The zero-order valence-electron chi connectivity index (χ0n) is 7.34. The van der Waals surface area contributed by atoms with Gasteiger partial charge in [0.1, 0.15) is 5.78 Å². The standard InChI is InChI=1S/C10H16O/c1-6-8-3-4-9(5-8)7(2)10(6)11/h6-9H,3-5H2,1-2H3. The van der Waals surface area contributed by atoms with Crippen LogP contribution in [-0.2, 0) is 4.79 Å². The first kappa shape index (κ1) is 7.33. The molecule has 62 valence electrons. The summed E-state index contributed by atoms with van der Waals surface area (Å²) in [5.41, 5.74) is 0. The van der Waals surface area contributed by atoms with Crippen LogP contribution in [0.1, 0.15) is 33.1 Å². The van der Waals surface area contributed by atoms with Crippen molar-refractivity contribution in [3.8, 4) is 0 Å². The first-order valence-corrected chi connectivity index (χ1v) is 4.74. The van der Waals surface area contributed by atoms with E-state index < -0.39 is 0 Å². The number of carbonyl (C=O) groups excluding carboxylic acids is 1. The van der Waals surface area contributed by atoms with Crippen molar-refractivity contribution < 1.29 is 4.79 Å². The Morgan fingerprint density at radius 1 is 1.09 bits per heavy atom. The molecule has 0 aromatic heterocycles. The Labute approximate surface area is 68.2 Å². The molecule has 0 amide bonds. The van der Waals surface area contributed by atoms with E-state index in [1.807, 2.05) is 0 Å². The van der Waals surface area contributed by atoms with Crippen LogP contribution in [0.2, 0.25) is 0 Å². The highest BCUT2D eigenvalue weighted by Crippen LogP contribution is 2.46. The molecule has 0 saturated heterocycles. The van der Waals surface area contributed by atoms with Gasteiger partial charge in [-0.05, 0) is 31.1 Å². The molecule has 0 spiro atoms. The Morgan fingerprint density at radius 3 is 2.00 bits per heavy atom. The number of hydrogen-bond acceptors (Lipinski definition) is 1. The quantitative estimate of drug-likeness (QED) is 0.520. The minimum absolute atomic E-state index is 0.365. The van der Waals surface area contributed by atoms with Crippen molar-refractivity contribution in [3.63, 3.8) is 0 Å². The van der Waals surface area contributed by atoms with Crippen molar-refractivity contribution in [1.29, 1.82) is 0 Å². The largest absolute Gasteiger partial charge is 0.299 e. The van der Waals surface area contributed by atoms with Crippen molar-refractivity contribution in [3.05, 3.63) is 0 Å². The Kier molecular flexibility index (Phi) is 1.55. The molecule has 2 aliphatic rings. The van der Waals surface area contributed by atoms with Gasteiger partial charge in [0.2, 0.25) is 0 Å². The minimum atomic E-state index is 0.365. The smallest absolute Gasteiger partial charge is 0.139 e. The number of hydrogen-bond donors (Lipinski definition) is 0. The average molecular weight is 152 g/mol. The molecule has 4 atom stereocenters. The zero-order chi connectivity index (χ0) is 8.01. The SMILES string of the molecule is CC1C(=O)C(C)C2CCC1C2. The summed E-state index contributed by atoms with van der Waals surface area (Å²) >= 11 is 0. The van der Waals surface area contributed by atoms with Crippen molar-refractivity contribution in [2.75, 3.05) is 0 Å². The molecule has 0 heterocycles. The number of rotatable bonds is 0. The summed E-state index contributed by atoms with van der Waals surface area (Å²) in [6, 6.07) is 0. The average Bonchev–Trinajstić information content (AvgIpc) is 2.44. The Hall–Kier alpha value is -0.330. The molecule has 0 aromatic carbocycles. The molecule has 2 rings (SSSR count). The maximum Gasteiger partial charge on any atom is 0.139 e. The maximum atomic E-state index is 11.6. The lowest BCUT2D eigenvalue weighted by Crippen LogP contribution is -2.32. The van der Waals surface area contributed by atoms with E-state index in [0.29, 0.717) is 17.6 Å². The van der Waals surface area contributed by atoms with Gasteiger partial charge in [-0.3, -0.25) is 4.79 Å². The summed E-state index contributed by atoms with van der Waals surface area (Å²) in [6.07, 6.45) is 3.94. The number of fused-ring (bicyclic) bond motifs is 2. The van der Waals surface area contributed by atoms with Crippen LogP contribution in [0.5, 0.6) is 0 Å². The third-order valence-electron chi connectivity index (χ3n) is 3.83. The second-order valence-electron chi connectivity index (χ2n) is 4.31. The van der Waals surface area contributed by atoms with Crippen LogP contribution in [0.3, 0.4) is 0 Å². The predicted molar refractivity (Wildman–Crippen MR) is 44.2 cm³/mol. The third-order valence-corrected chi connectivity index (χ3v) is 3.83. The van der Waals surface area contributed by atoms with Crippen LogP contribution >= 0.6 is 0 Å². The second kappa shape index (κ2) is 2.33. The van der Waals surface area contributed by atoms with Crippen LogP contribution in [-0.4, -0.2) is 5.78 Å². The summed E-state index contributed by atoms with van der Waals surface area (Å²) < 4.78 is 0. The van der Waals surface area contributed by atoms with E-state index in [-0.39, 0.29) is 0 Å². The van der Waals surface area contributed by atoms with Gasteiger partial charge < -0.3 is 0 Å². The molecule has 2 saturated carbocycles. The lowest BCUT2D eigenvalue weighted by atomic mass is 9.74. The first-order valence-electron chi connectivity index (χ1n) is 4.74. The molecule has 11 heavy (non-hydrogen) atoms. The monoisotopic (exact) mass is 152 g/mol. The van der Waals surface area contributed by atoms with Crippen LogP contribution in [0.15, 0.2) is 0 Å². The van der Waals surface area contributed by atoms with E-state index in [1.54, 1.807) is 0 Å². The molecule has 0 aromatic rings. The van der Waals surface area contributed by atoms with Gasteiger partial charge in [0.15, 0.2) is 0 Å². The molecule has 0 aliphatic heterocycles. The fourth-order valence-corrected chi connectivity index (χ4v) is 2.84. The summed E-state index contributed by atoms with van der Waals surface area (Å²) in [5, 5.41) is 0. The minimum Gasteiger partial charge on any atom is -0.299 e. The molecule has 0 radical (unpaired) electrons. The Morgan fingerprint density at radius 2 is 1.55 bits per heavy atom. The van der Waals surface area contributed by atoms with Crippen LogP contribution in [0, 0.1) is 23.7 Å². The van der Waals surface area contributed by atoms with E-state index in [2.05, 4.69) is 13.8 Å². The van der Waals surface area contributed by atoms with Crippen molar-refractivity contribution in [2.24, 2.45) is 23.7 Å². The molecule has 0 N–H and O–H groups in total. The highest BCUT2D eigenvalue weighted by Gasteiger charge is 2.43. The van der Waals surface area contributed by atoms with E-state index in [9.17, 15) is 4.79 Å². The summed E-state index contributed by atoms with van der Waals surface area (Å²) in [5.74, 6) is 2.74. The number of ketones is 1. The van der Waals surface area contributed by atoms with Gasteiger partial charge in [0.05, 0.1) is 0 Å². The van der Waals surface area contributed by atoms with Gasteiger partial charge in [0.25, 0.3) is 0 Å². The van der Waals surface area contributed by atoms with Crippen molar-refractivity contribution >= 4 is 5.78 Å². The van der Waals surface area contributed by atoms with Crippen LogP contribution in [0.4, 0.5) is 0 Å². The summed E-state index contributed by atoms with van der Waals surface area (Å²) in [7, 11) is 0. The summed E-state index contributed by atoms with van der Waals surface area (Å²) in [4.78, 5) is 11.6.